The fourth-order valence-electron chi connectivity index (χ4n) is 2.52. The molecule has 6 heteroatoms. The summed E-state index contributed by atoms with van der Waals surface area (Å²) in [6, 6.07) is 14.0. The van der Waals surface area contributed by atoms with Crippen molar-refractivity contribution in [1.29, 1.82) is 0 Å². The summed E-state index contributed by atoms with van der Waals surface area (Å²) in [5.41, 5.74) is 2.50. The molecule has 1 amide bonds. The number of ether oxygens (including phenoxy) is 1. The average molecular weight is 356 g/mol. The number of carbonyl (C=O) groups excluding carboxylic acids is 2. The Morgan fingerprint density at radius 2 is 1.92 bits per heavy atom. The van der Waals surface area contributed by atoms with Crippen molar-refractivity contribution in [3.63, 3.8) is 0 Å². The lowest BCUT2D eigenvalue weighted by Gasteiger charge is -2.23. The smallest absolute Gasteiger partial charge is 0.338 e. The van der Waals surface area contributed by atoms with Crippen LogP contribution in [0, 0.1) is 6.92 Å². The van der Waals surface area contributed by atoms with Gasteiger partial charge in [0.1, 0.15) is 5.75 Å². The van der Waals surface area contributed by atoms with E-state index in [2.05, 4.69) is 23.2 Å². The second-order valence-corrected chi connectivity index (χ2v) is 5.90. The molecule has 138 valence electrons. The van der Waals surface area contributed by atoms with Crippen molar-refractivity contribution in [2.45, 2.75) is 13.8 Å². The summed E-state index contributed by atoms with van der Waals surface area (Å²) >= 11 is 0. The molecule has 0 spiro atoms. The van der Waals surface area contributed by atoms with Crippen LogP contribution in [0.4, 0.5) is 5.69 Å². The number of aryl methyl sites for hydroxylation is 1. The number of nitrogens with zero attached hydrogens (tertiary/aromatic N) is 1. The third kappa shape index (κ3) is 5.81. The van der Waals surface area contributed by atoms with Gasteiger partial charge in [0.15, 0.2) is 6.61 Å². The van der Waals surface area contributed by atoms with E-state index in [4.69, 9.17) is 4.74 Å². The molecule has 2 aromatic rings. The predicted octanol–water partition coefficient (Wildman–Crippen LogP) is 2.50. The van der Waals surface area contributed by atoms with E-state index in [1.54, 1.807) is 0 Å². The van der Waals surface area contributed by atoms with E-state index >= 15 is 0 Å². The predicted molar refractivity (Wildman–Crippen MR) is 100 cm³/mol. The minimum absolute atomic E-state index is 0.0280. The van der Waals surface area contributed by atoms with E-state index < -0.39 is 5.97 Å². The molecule has 0 radical (unpaired) electrons. The zero-order valence-electron chi connectivity index (χ0n) is 15.1. The molecule has 0 saturated carbocycles. The molecule has 0 atom stereocenters. The van der Waals surface area contributed by atoms with Gasteiger partial charge in [-0.1, -0.05) is 18.2 Å². The van der Waals surface area contributed by atoms with E-state index in [0.29, 0.717) is 13.1 Å². The third-order valence-corrected chi connectivity index (χ3v) is 3.87. The Balaban J connectivity index is 1.75. The molecule has 26 heavy (non-hydrogen) atoms. The first-order valence-electron chi connectivity index (χ1n) is 8.54. The number of anilines is 1. The van der Waals surface area contributed by atoms with Crippen LogP contribution in [0.2, 0.25) is 0 Å². The summed E-state index contributed by atoms with van der Waals surface area (Å²) in [6.45, 7) is 5.68. The molecular formula is C20H24N2O4. The lowest BCUT2D eigenvalue weighted by molar-refractivity contribution is -0.124. The summed E-state index contributed by atoms with van der Waals surface area (Å²) in [5.74, 6) is -1.04. The molecule has 0 aromatic heterocycles. The Kier molecular flexibility index (Phi) is 7.02. The molecule has 2 rings (SSSR count). The van der Waals surface area contributed by atoms with Crippen molar-refractivity contribution in [2.75, 3.05) is 31.1 Å². The number of nitrogens with one attached hydrogen (secondary N) is 1. The van der Waals surface area contributed by atoms with Gasteiger partial charge in [-0.15, -0.1) is 0 Å². The fourth-order valence-corrected chi connectivity index (χ4v) is 2.52. The van der Waals surface area contributed by atoms with E-state index in [-0.39, 0.29) is 23.8 Å². The van der Waals surface area contributed by atoms with Crippen LogP contribution in [0.25, 0.3) is 0 Å². The molecule has 6 nitrogen and oxygen atoms in total. The van der Waals surface area contributed by atoms with Crippen molar-refractivity contribution < 1.29 is 19.4 Å². The number of phenolic OH excluding ortho intramolecular Hbond substituents is 1. The number of hydrogen-bond acceptors (Lipinski definition) is 5. The standard InChI is InChI=1S/C20H24N2O4/c1-3-22(17-8-4-6-15(2)12-17)11-10-21-19(24)14-26-20(25)16-7-5-9-18(23)13-16/h4-9,12-13,23H,3,10-11,14H2,1-2H3,(H,21,24). The van der Waals surface area contributed by atoms with Crippen LogP contribution in [-0.4, -0.2) is 43.2 Å². The minimum Gasteiger partial charge on any atom is -0.508 e. The first-order valence-corrected chi connectivity index (χ1v) is 8.54. The summed E-state index contributed by atoms with van der Waals surface area (Å²) < 4.78 is 4.95. The van der Waals surface area contributed by atoms with Gasteiger partial charge >= 0.3 is 5.97 Å². The van der Waals surface area contributed by atoms with Crippen molar-refractivity contribution in [3.8, 4) is 5.75 Å². The van der Waals surface area contributed by atoms with Crippen molar-refractivity contribution >= 4 is 17.6 Å². The molecule has 0 aliphatic carbocycles. The zero-order valence-corrected chi connectivity index (χ0v) is 15.1. The normalized spacial score (nSPS) is 10.2. The summed E-state index contributed by atoms with van der Waals surface area (Å²) in [4.78, 5) is 25.8. The first-order chi connectivity index (χ1) is 12.5. The lowest BCUT2D eigenvalue weighted by atomic mass is 10.2. The molecule has 0 aliphatic heterocycles. The molecule has 0 unspecified atom stereocenters. The number of aromatic hydroxyl groups is 1. The average Bonchev–Trinajstić information content (AvgIpc) is 2.63. The van der Waals surface area contributed by atoms with Gasteiger partial charge in [0.05, 0.1) is 5.56 Å². The SMILES string of the molecule is CCN(CCNC(=O)COC(=O)c1cccc(O)c1)c1cccc(C)c1. The number of likely N-dealkylation sites (N-methyl/N-ethyl adjacent to an activating group) is 1. The minimum atomic E-state index is -0.647. The van der Waals surface area contributed by atoms with Gasteiger partial charge in [0.25, 0.3) is 5.91 Å². The molecular weight excluding hydrogens is 332 g/mol. The van der Waals surface area contributed by atoms with Crippen LogP contribution >= 0.6 is 0 Å². The van der Waals surface area contributed by atoms with Gasteiger partial charge in [-0.3, -0.25) is 4.79 Å². The van der Waals surface area contributed by atoms with E-state index in [9.17, 15) is 14.7 Å². The van der Waals surface area contributed by atoms with Crippen molar-refractivity contribution in [3.05, 3.63) is 59.7 Å². The maximum Gasteiger partial charge on any atom is 0.338 e. The first kappa shape index (κ1) is 19.3. The van der Waals surface area contributed by atoms with Crippen LogP contribution in [0.1, 0.15) is 22.8 Å². The van der Waals surface area contributed by atoms with Gasteiger partial charge < -0.3 is 20.1 Å². The number of amides is 1. The number of hydrogen-bond donors (Lipinski definition) is 2. The Bertz CT molecular complexity index is 761. The molecule has 2 N–H and O–H groups in total. The van der Waals surface area contributed by atoms with Crippen LogP contribution < -0.4 is 10.2 Å². The van der Waals surface area contributed by atoms with E-state index in [1.807, 2.05) is 25.1 Å². The highest BCUT2D eigenvalue weighted by Gasteiger charge is 2.11. The second-order valence-electron chi connectivity index (χ2n) is 5.90. The van der Waals surface area contributed by atoms with E-state index in [0.717, 1.165) is 12.2 Å². The Labute approximate surface area is 153 Å². The third-order valence-electron chi connectivity index (χ3n) is 3.87. The maximum absolute atomic E-state index is 11.8. The number of phenols is 1. The highest BCUT2D eigenvalue weighted by molar-refractivity contribution is 5.91. The maximum atomic E-state index is 11.8. The largest absolute Gasteiger partial charge is 0.508 e. The summed E-state index contributed by atoms with van der Waals surface area (Å²) in [7, 11) is 0. The summed E-state index contributed by atoms with van der Waals surface area (Å²) in [5, 5.41) is 12.1. The van der Waals surface area contributed by atoms with Crippen LogP contribution in [-0.2, 0) is 9.53 Å². The van der Waals surface area contributed by atoms with Crippen LogP contribution in [0.15, 0.2) is 48.5 Å². The molecule has 2 aromatic carbocycles. The van der Waals surface area contributed by atoms with E-state index in [1.165, 1.54) is 29.8 Å². The molecule has 0 bridgehead atoms. The fraction of sp³-hybridized carbons (Fsp3) is 0.300. The van der Waals surface area contributed by atoms with Gasteiger partial charge in [0, 0.05) is 25.3 Å². The molecule has 0 saturated heterocycles. The van der Waals surface area contributed by atoms with Crippen molar-refractivity contribution in [1.82, 2.24) is 5.32 Å². The monoisotopic (exact) mass is 356 g/mol. The van der Waals surface area contributed by atoms with Gasteiger partial charge in [-0.25, -0.2) is 4.79 Å². The van der Waals surface area contributed by atoms with Gasteiger partial charge in [-0.2, -0.15) is 0 Å². The Morgan fingerprint density at radius 3 is 2.62 bits per heavy atom. The second kappa shape index (κ2) is 9.46. The number of benzene rings is 2. The summed E-state index contributed by atoms with van der Waals surface area (Å²) in [6.07, 6.45) is 0. The highest BCUT2D eigenvalue weighted by atomic mass is 16.5. The quantitative estimate of drug-likeness (QED) is 0.711. The van der Waals surface area contributed by atoms with Crippen molar-refractivity contribution in [2.24, 2.45) is 0 Å². The number of rotatable bonds is 8. The van der Waals surface area contributed by atoms with Gasteiger partial charge in [-0.05, 0) is 49.7 Å². The lowest BCUT2D eigenvalue weighted by Crippen LogP contribution is -2.36. The number of carbonyl (C=O) groups is 2. The number of esters is 1. The van der Waals surface area contributed by atoms with Crippen LogP contribution in [0.5, 0.6) is 5.75 Å². The van der Waals surface area contributed by atoms with Gasteiger partial charge in [0.2, 0.25) is 0 Å². The molecule has 0 fully saturated rings. The molecule has 0 heterocycles. The Hall–Kier alpha value is -3.02. The van der Waals surface area contributed by atoms with Crippen LogP contribution in [0.3, 0.4) is 0 Å². The topological polar surface area (TPSA) is 78.9 Å². The zero-order chi connectivity index (χ0) is 18.9. The molecule has 0 aliphatic rings. The highest BCUT2D eigenvalue weighted by Crippen LogP contribution is 2.15. The Morgan fingerprint density at radius 1 is 1.15 bits per heavy atom.